The molecule has 0 N–H and O–H groups in total. The van der Waals surface area contributed by atoms with E-state index in [1.807, 2.05) is 44.2 Å². The number of nitrogens with zero attached hydrogens (tertiary/aromatic N) is 2. The van der Waals surface area contributed by atoms with Crippen LogP contribution in [0.1, 0.15) is 44.9 Å². The summed E-state index contributed by atoms with van der Waals surface area (Å²) in [6.45, 7) is 11.6. The molecule has 0 spiro atoms. The Kier molecular flexibility index (Phi) is 9.52. The topological polar surface area (TPSA) is 88.3 Å². The third-order valence-electron chi connectivity index (χ3n) is 5.99. The Morgan fingerprint density at radius 3 is 2.60 bits per heavy atom. The number of benzene rings is 2. The van der Waals surface area contributed by atoms with Gasteiger partial charge in [0, 0.05) is 0 Å². The molecule has 0 amide bonds. The highest BCUT2D eigenvalue weighted by molar-refractivity contribution is 14.1. The molecule has 0 saturated heterocycles. The fourth-order valence-electron chi connectivity index (χ4n) is 4.34. The van der Waals surface area contributed by atoms with Gasteiger partial charge in [0.15, 0.2) is 16.3 Å². The van der Waals surface area contributed by atoms with Crippen LogP contribution in [0, 0.1) is 3.57 Å². The first kappa shape index (κ1) is 29.6. The molecule has 8 nitrogen and oxygen atoms in total. The van der Waals surface area contributed by atoms with E-state index in [4.69, 9.17) is 18.9 Å². The number of rotatable bonds is 10. The molecule has 0 saturated carbocycles. The number of aromatic nitrogens is 1. The SMILES string of the molecule is C=CCOc1ccc(/C=c2\sc3n(c2=O)[C@@H](c2ccc(OC(C)C)c(OC)c2)C(C(=O)OCC)=C(C)N=3)cc1I. The summed E-state index contributed by atoms with van der Waals surface area (Å²) in [7, 11) is 1.56. The van der Waals surface area contributed by atoms with Crippen LogP contribution in [0.3, 0.4) is 0 Å². The molecule has 1 aliphatic heterocycles. The van der Waals surface area contributed by atoms with Crippen molar-refractivity contribution in [1.29, 1.82) is 0 Å². The molecule has 2 aromatic carbocycles. The van der Waals surface area contributed by atoms with Crippen LogP contribution in [-0.4, -0.2) is 37.0 Å². The fraction of sp³-hybridized carbons (Fsp3) is 0.300. The summed E-state index contributed by atoms with van der Waals surface area (Å²) >= 11 is 3.47. The zero-order valence-electron chi connectivity index (χ0n) is 23.0. The Balaban J connectivity index is 1.88. The van der Waals surface area contributed by atoms with Gasteiger partial charge in [0.25, 0.3) is 5.56 Å². The minimum absolute atomic E-state index is 0.0552. The summed E-state index contributed by atoms with van der Waals surface area (Å²) in [6, 6.07) is 10.4. The summed E-state index contributed by atoms with van der Waals surface area (Å²) in [5.74, 6) is 1.29. The summed E-state index contributed by atoms with van der Waals surface area (Å²) in [5, 5.41) is 0. The van der Waals surface area contributed by atoms with E-state index >= 15 is 0 Å². The van der Waals surface area contributed by atoms with Gasteiger partial charge in [0.05, 0.1) is 45.2 Å². The Morgan fingerprint density at radius 2 is 1.95 bits per heavy atom. The van der Waals surface area contributed by atoms with Crippen LogP contribution in [0.4, 0.5) is 0 Å². The Bertz CT molecular complexity index is 1650. The van der Waals surface area contributed by atoms with Gasteiger partial charge in [0.2, 0.25) is 0 Å². The van der Waals surface area contributed by atoms with E-state index in [0.717, 1.165) is 14.9 Å². The van der Waals surface area contributed by atoms with Gasteiger partial charge in [-0.3, -0.25) is 9.36 Å². The highest BCUT2D eigenvalue weighted by Gasteiger charge is 2.34. The molecule has 1 aliphatic rings. The number of ether oxygens (including phenoxy) is 4. The number of hydrogen-bond acceptors (Lipinski definition) is 8. The van der Waals surface area contributed by atoms with Gasteiger partial charge >= 0.3 is 5.97 Å². The Hall–Kier alpha value is -3.38. The van der Waals surface area contributed by atoms with Crippen LogP contribution in [0.25, 0.3) is 6.08 Å². The number of esters is 1. The number of carbonyl (C=O) groups excluding carboxylic acids is 1. The first-order chi connectivity index (χ1) is 19.2. The smallest absolute Gasteiger partial charge is 0.338 e. The molecule has 2 heterocycles. The molecule has 10 heteroatoms. The molecule has 0 aliphatic carbocycles. The second-order valence-corrected chi connectivity index (χ2v) is 11.3. The normalized spacial score (nSPS) is 15.0. The molecule has 4 rings (SSSR count). The average molecular weight is 675 g/mol. The lowest BCUT2D eigenvalue weighted by molar-refractivity contribution is -0.139. The molecule has 210 valence electrons. The summed E-state index contributed by atoms with van der Waals surface area (Å²) in [4.78, 5) is 32.2. The van der Waals surface area contributed by atoms with Crippen LogP contribution in [0.5, 0.6) is 17.2 Å². The number of allylic oxidation sites excluding steroid dienone is 1. The lowest BCUT2D eigenvalue weighted by atomic mass is 9.95. The van der Waals surface area contributed by atoms with Gasteiger partial charge in [0.1, 0.15) is 12.4 Å². The lowest BCUT2D eigenvalue weighted by Gasteiger charge is -2.25. The van der Waals surface area contributed by atoms with E-state index in [0.29, 0.717) is 44.3 Å². The van der Waals surface area contributed by atoms with Crippen molar-refractivity contribution in [2.24, 2.45) is 4.99 Å². The molecule has 0 bridgehead atoms. The third kappa shape index (κ3) is 6.17. The molecular formula is C30H31IN2O6S. The van der Waals surface area contributed by atoms with Crippen molar-refractivity contribution in [3.63, 3.8) is 0 Å². The van der Waals surface area contributed by atoms with Crippen molar-refractivity contribution in [1.82, 2.24) is 4.57 Å². The monoisotopic (exact) mass is 674 g/mol. The van der Waals surface area contributed by atoms with E-state index in [1.165, 1.54) is 11.3 Å². The molecule has 1 aromatic heterocycles. The highest BCUT2D eigenvalue weighted by Crippen LogP contribution is 2.36. The molecular weight excluding hydrogens is 643 g/mol. The van der Waals surface area contributed by atoms with Gasteiger partial charge in [-0.2, -0.15) is 0 Å². The first-order valence-corrected chi connectivity index (χ1v) is 14.7. The molecule has 1 atom stereocenters. The van der Waals surface area contributed by atoms with E-state index in [9.17, 15) is 9.59 Å². The average Bonchev–Trinajstić information content (AvgIpc) is 3.21. The number of carbonyl (C=O) groups is 1. The van der Waals surface area contributed by atoms with Crippen LogP contribution in [-0.2, 0) is 9.53 Å². The maximum Gasteiger partial charge on any atom is 0.338 e. The second kappa shape index (κ2) is 12.9. The van der Waals surface area contributed by atoms with Crippen molar-refractivity contribution in [2.45, 2.75) is 39.8 Å². The number of methoxy groups -OCH3 is 1. The number of hydrogen-bond donors (Lipinski definition) is 0. The Labute approximate surface area is 250 Å². The minimum atomic E-state index is -0.755. The van der Waals surface area contributed by atoms with E-state index in [1.54, 1.807) is 43.7 Å². The lowest BCUT2D eigenvalue weighted by Crippen LogP contribution is -2.40. The van der Waals surface area contributed by atoms with Gasteiger partial charge in [-0.25, -0.2) is 9.79 Å². The molecule has 3 aromatic rings. The molecule has 0 radical (unpaired) electrons. The van der Waals surface area contributed by atoms with E-state index in [-0.39, 0.29) is 18.3 Å². The molecule has 0 fully saturated rings. The van der Waals surface area contributed by atoms with Gasteiger partial charge in [-0.15, -0.1) is 0 Å². The third-order valence-corrected chi connectivity index (χ3v) is 7.82. The van der Waals surface area contributed by atoms with Crippen molar-refractivity contribution in [3.05, 3.63) is 94.7 Å². The van der Waals surface area contributed by atoms with Crippen LogP contribution in [0.15, 0.2) is 70.1 Å². The van der Waals surface area contributed by atoms with Crippen LogP contribution < -0.4 is 29.1 Å². The number of fused-ring (bicyclic) bond motifs is 1. The second-order valence-electron chi connectivity index (χ2n) is 9.17. The highest BCUT2D eigenvalue weighted by atomic mass is 127. The maximum absolute atomic E-state index is 13.9. The minimum Gasteiger partial charge on any atom is -0.493 e. The number of halogens is 1. The van der Waals surface area contributed by atoms with Crippen LogP contribution in [0.2, 0.25) is 0 Å². The molecule has 0 unspecified atom stereocenters. The zero-order valence-corrected chi connectivity index (χ0v) is 26.0. The molecule has 40 heavy (non-hydrogen) atoms. The number of thiazole rings is 1. The summed E-state index contributed by atoms with van der Waals surface area (Å²) in [6.07, 6.45) is 3.46. The largest absolute Gasteiger partial charge is 0.493 e. The Morgan fingerprint density at radius 1 is 1.20 bits per heavy atom. The van der Waals surface area contributed by atoms with Crippen molar-refractivity contribution in [3.8, 4) is 17.2 Å². The quantitative estimate of drug-likeness (QED) is 0.175. The van der Waals surface area contributed by atoms with E-state index in [2.05, 4.69) is 34.2 Å². The van der Waals surface area contributed by atoms with Crippen molar-refractivity contribution >= 4 is 46.0 Å². The van der Waals surface area contributed by atoms with E-state index < -0.39 is 12.0 Å². The van der Waals surface area contributed by atoms with Crippen molar-refractivity contribution in [2.75, 3.05) is 20.3 Å². The zero-order chi connectivity index (χ0) is 29.0. The first-order valence-electron chi connectivity index (χ1n) is 12.8. The fourth-order valence-corrected chi connectivity index (χ4v) is 6.08. The van der Waals surface area contributed by atoms with Crippen molar-refractivity contribution < 1.29 is 23.7 Å². The predicted molar refractivity (Wildman–Crippen MR) is 164 cm³/mol. The summed E-state index contributed by atoms with van der Waals surface area (Å²) < 4.78 is 25.5. The van der Waals surface area contributed by atoms with Gasteiger partial charge < -0.3 is 18.9 Å². The standard InChI is InChI=1S/C30H31IN2O6S/c1-7-13-38-22-11-9-19(14-21(22)31)15-25-28(34)33-27(20-10-12-23(39-17(3)4)24(16-20)36-6)26(29(35)37-8-2)18(5)32-30(33)40-25/h7,9-12,14-17,27H,1,8,13H2,2-6H3/b25-15-/t27-/m0/s1. The van der Waals surface area contributed by atoms with Gasteiger partial charge in [-0.1, -0.05) is 36.1 Å². The predicted octanol–water partition coefficient (Wildman–Crippen LogP) is 4.76. The maximum atomic E-state index is 13.9. The van der Waals surface area contributed by atoms with Crippen LogP contribution >= 0.6 is 33.9 Å². The summed E-state index contributed by atoms with van der Waals surface area (Å²) in [5.41, 5.74) is 2.06. The van der Waals surface area contributed by atoms with Gasteiger partial charge in [-0.05, 0) is 91.8 Å².